The molecule has 0 spiro atoms. The van der Waals surface area contributed by atoms with Crippen LogP contribution >= 0.6 is 0 Å². The lowest BCUT2D eigenvalue weighted by atomic mass is 10.1. The van der Waals surface area contributed by atoms with Crippen molar-refractivity contribution >= 4 is 5.78 Å². The molecule has 0 aromatic heterocycles. The number of methoxy groups -OCH3 is 1. The molecular weight excluding hydrogens is 278 g/mol. The summed E-state index contributed by atoms with van der Waals surface area (Å²) in [5, 5.41) is 0. The van der Waals surface area contributed by atoms with Crippen LogP contribution in [0.25, 0.3) is 0 Å². The number of hydrogen-bond acceptors (Lipinski definition) is 3. The van der Waals surface area contributed by atoms with E-state index in [0.717, 1.165) is 17.7 Å². The standard InChI is InChI=1S/C16H14F2O3/c1-10-3-6-15(16(7-10)20-2)21-9-14(19)12-5-4-11(17)8-13(12)18/h3-8H,9H2,1-2H3. The molecule has 0 bridgehead atoms. The van der Waals surface area contributed by atoms with Crippen molar-refractivity contribution in [2.75, 3.05) is 13.7 Å². The van der Waals surface area contributed by atoms with Crippen molar-refractivity contribution in [2.24, 2.45) is 0 Å². The molecule has 0 N–H and O–H groups in total. The van der Waals surface area contributed by atoms with Gasteiger partial charge in [0.15, 0.2) is 18.1 Å². The lowest BCUT2D eigenvalue weighted by molar-refractivity contribution is 0.0915. The van der Waals surface area contributed by atoms with E-state index < -0.39 is 17.4 Å². The first-order valence-electron chi connectivity index (χ1n) is 6.27. The number of carbonyl (C=O) groups is 1. The van der Waals surface area contributed by atoms with Crippen LogP contribution in [0, 0.1) is 18.6 Å². The summed E-state index contributed by atoms with van der Waals surface area (Å²) < 4.78 is 36.8. The SMILES string of the molecule is COc1cc(C)ccc1OCC(=O)c1ccc(F)cc1F. The summed E-state index contributed by atoms with van der Waals surface area (Å²) in [6.07, 6.45) is 0. The number of carbonyl (C=O) groups excluding carboxylic acids is 1. The molecule has 110 valence electrons. The number of benzene rings is 2. The molecule has 2 aromatic carbocycles. The van der Waals surface area contributed by atoms with Crippen LogP contribution in [0.1, 0.15) is 15.9 Å². The Morgan fingerprint density at radius 1 is 1.10 bits per heavy atom. The second kappa shape index (κ2) is 6.35. The average Bonchev–Trinajstić information content (AvgIpc) is 2.45. The quantitative estimate of drug-likeness (QED) is 0.791. The van der Waals surface area contributed by atoms with Gasteiger partial charge in [0.25, 0.3) is 0 Å². The Balaban J connectivity index is 2.11. The van der Waals surface area contributed by atoms with Crippen molar-refractivity contribution in [1.82, 2.24) is 0 Å². The lowest BCUT2D eigenvalue weighted by Crippen LogP contribution is -2.13. The summed E-state index contributed by atoms with van der Waals surface area (Å²) in [4.78, 5) is 11.9. The van der Waals surface area contributed by atoms with E-state index in [2.05, 4.69) is 0 Å². The minimum Gasteiger partial charge on any atom is -0.493 e. The third kappa shape index (κ3) is 3.56. The molecule has 0 amide bonds. The number of aryl methyl sites for hydroxylation is 1. The van der Waals surface area contributed by atoms with Crippen LogP contribution < -0.4 is 9.47 Å². The number of ether oxygens (including phenoxy) is 2. The third-order valence-corrected chi connectivity index (χ3v) is 2.91. The Morgan fingerprint density at radius 2 is 1.86 bits per heavy atom. The predicted octanol–water partition coefficient (Wildman–Crippen LogP) is 3.54. The maximum Gasteiger partial charge on any atom is 0.203 e. The van der Waals surface area contributed by atoms with Gasteiger partial charge in [-0.15, -0.1) is 0 Å². The summed E-state index contributed by atoms with van der Waals surface area (Å²) in [5.41, 5.74) is 0.776. The Kier molecular flexibility index (Phi) is 4.52. The fraction of sp³-hybridized carbons (Fsp3) is 0.188. The number of rotatable bonds is 5. The minimum atomic E-state index is -0.903. The Hall–Kier alpha value is -2.43. The molecule has 0 heterocycles. The van der Waals surface area contributed by atoms with Gasteiger partial charge in [-0.1, -0.05) is 6.07 Å². The van der Waals surface area contributed by atoms with Crippen LogP contribution in [0.2, 0.25) is 0 Å². The molecule has 2 rings (SSSR count). The molecule has 0 aliphatic rings. The van der Waals surface area contributed by atoms with Gasteiger partial charge in [-0.2, -0.15) is 0 Å². The summed E-state index contributed by atoms with van der Waals surface area (Å²) >= 11 is 0. The molecule has 0 saturated heterocycles. The molecule has 21 heavy (non-hydrogen) atoms. The summed E-state index contributed by atoms with van der Waals surface area (Å²) in [6.45, 7) is 1.54. The van der Waals surface area contributed by atoms with Crippen molar-refractivity contribution in [3.8, 4) is 11.5 Å². The fourth-order valence-electron chi connectivity index (χ4n) is 1.83. The van der Waals surface area contributed by atoms with Crippen LogP contribution in [0.15, 0.2) is 36.4 Å². The Morgan fingerprint density at radius 3 is 2.52 bits per heavy atom. The number of ketones is 1. The Bertz CT molecular complexity index is 669. The summed E-state index contributed by atoms with van der Waals surface area (Å²) in [6, 6.07) is 8.03. The lowest BCUT2D eigenvalue weighted by Gasteiger charge is -2.11. The normalized spacial score (nSPS) is 10.3. The molecule has 5 heteroatoms. The van der Waals surface area contributed by atoms with Gasteiger partial charge in [-0.05, 0) is 36.8 Å². The molecule has 0 aliphatic heterocycles. The van der Waals surface area contributed by atoms with Crippen molar-refractivity contribution in [3.63, 3.8) is 0 Å². The predicted molar refractivity (Wildman–Crippen MR) is 73.9 cm³/mol. The van der Waals surface area contributed by atoms with Crippen LogP contribution in [0.5, 0.6) is 11.5 Å². The monoisotopic (exact) mass is 292 g/mol. The van der Waals surface area contributed by atoms with E-state index in [9.17, 15) is 13.6 Å². The van der Waals surface area contributed by atoms with Gasteiger partial charge in [-0.25, -0.2) is 8.78 Å². The smallest absolute Gasteiger partial charge is 0.203 e. The van der Waals surface area contributed by atoms with E-state index in [-0.39, 0.29) is 12.2 Å². The molecule has 3 nitrogen and oxygen atoms in total. The number of Topliss-reactive ketones (excluding diaryl/α,β-unsaturated/α-hetero) is 1. The van der Waals surface area contributed by atoms with E-state index in [4.69, 9.17) is 9.47 Å². The highest BCUT2D eigenvalue weighted by Gasteiger charge is 2.14. The van der Waals surface area contributed by atoms with Gasteiger partial charge >= 0.3 is 0 Å². The van der Waals surface area contributed by atoms with Gasteiger partial charge in [0.05, 0.1) is 12.7 Å². The fourth-order valence-corrected chi connectivity index (χ4v) is 1.83. The maximum absolute atomic E-state index is 13.5. The average molecular weight is 292 g/mol. The topological polar surface area (TPSA) is 35.5 Å². The molecule has 0 radical (unpaired) electrons. The molecule has 0 fully saturated rings. The van der Waals surface area contributed by atoms with Gasteiger partial charge in [0, 0.05) is 6.07 Å². The number of halogens is 2. The first-order valence-corrected chi connectivity index (χ1v) is 6.27. The zero-order valence-electron chi connectivity index (χ0n) is 11.7. The highest BCUT2D eigenvalue weighted by molar-refractivity contribution is 5.97. The van der Waals surface area contributed by atoms with Crippen molar-refractivity contribution in [3.05, 3.63) is 59.2 Å². The van der Waals surface area contributed by atoms with E-state index in [1.165, 1.54) is 7.11 Å². The minimum absolute atomic E-state index is 0.206. The Labute approximate surface area is 121 Å². The molecule has 0 saturated carbocycles. The van der Waals surface area contributed by atoms with E-state index in [1.54, 1.807) is 18.2 Å². The van der Waals surface area contributed by atoms with Gasteiger partial charge in [0.2, 0.25) is 5.78 Å². The first-order chi connectivity index (χ1) is 10.0. The van der Waals surface area contributed by atoms with Gasteiger partial charge in [0.1, 0.15) is 11.6 Å². The van der Waals surface area contributed by atoms with Gasteiger partial charge < -0.3 is 9.47 Å². The highest BCUT2D eigenvalue weighted by atomic mass is 19.1. The molecule has 0 aliphatic carbocycles. The van der Waals surface area contributed by atoms with E-state index in [1.807, 2.05) is 6.92 Å². The van der Waals surface area contributed by atoms with E-state index in [0.29, 0.717) is 17.6 Å². The van der Waals surface area contributed by atoms with Crippen LogP contribution in [-0.2, 0) is 0 Å². The second-order valence-corrected chi connectivity index (χ2v) is 4.49. The number of hydrogen-bond donors (Lipinski definition) is 0. The van der Waals surface area contributed by atoms with Crippen molar-refractivity contribution in [1.29, 1.82) is 0 Å². The molecule has 0 unspecified atom stereocenters. The first kappa shape index (κ1) is 15.0. The van der Waals surface area contributed by atoms with Crippen LogP contribution in [-0.4, -0.2) is 19.5 Å². The van der Waals surface area contributed by atoms with E-state index >= 15 is 0 Å². The summed E-state index contributed by atoms with van der Waals surface area (Å²) in [7, 11) is 1.49. The largest absolute Gasteiger partial charge is 0.493 e. The third-order valence-electron chi connectivity index (χ3n) is 2.91. The molecular formula is C16H14F2O3. The highest BCUT2D eigenvalue weighted by Crippen LogP contribution is 2.27. The van der Waals surface area contributed by atoms with Gasteiger partial charge in [-0.3, -0.25) is 4.79 Å². The van der Waals surface area contributed by atoms with Crippen LogP contribution in [0.4, 0.5) is 8.78 Å². The van der Waals surface area contributed by atoms with Crippen LogP contribution in [0.3, 0.4) is 0 Å². The zero-order chi connectivity index (χ0) is 15.4. The molecule has 0 atom stereocenters. The maximum atomic E-state index is 13.5. The molecule has 2 aromatic rings. The second-order valence-electron chi connectivity index (χ2n) is 4.49. The zero-order valence-corrected chi connectivity index (χ0v) is 11.7. The van der Waals surface area contributed by atoms with Crippen molar-refractivity contribution < 1.29 is 23.0 Å². The summed E-state index contributed by atoms with van der Waals surface area (Å²) in [5.74, 6) is -1.33. The van der Waals surface area contributed by atoms with Crippen molar-refractivity contribution in [2.45, 2.75) is 6.92 Å².